The van der Waals surface area contributed by atoms with Crippen LogP contribution >= 0.6 is 0 Å². The number of likely N-dealkylation sites (tertiary alicyclic amines) is 1. The van der Waals surface area contributed by atoms with Crippen LogP contribution in [0.4, 0.5) is 5.82 Å². The molecule has 0 radical (unpaired) electrons. The Hall–Kier alpha value is -1.58. The van der Waals surface area contributed by atoms with Crippen molar-refractivity contribution in [3.05, 3.63) is 23.9 Å². The molecule has 2 aliphatic rings. The van der Waals surface area contributed by atoms with Crippen molar-refractivity contribution in [3.8, 4) is 0 Å². The summed E-state index contributed by atoms with van der Waals surface area (Å²) in [7, 11) is 0. The molecule has 0 spiro atoms. The monoisotopic (exact) mass is 315 g/mol. The number of amides is 1. The molecule has 23 heavy (non-hydrogen) atoms. The Morgan fingerprint density at radius 3 is 2.35 bits per heavy atom. The van der Waals surface area contributed by atoms with Crippen molar-refractivity contribution in [2.45, 2.75) is 46.0 Å². The van der Waals surface area contributed by atoms with Gasteiger partial charge in [-0.15, -0.1) is 0 Å². The topological polar surface area (TPSA) is 36.4 Å². The Morgan fingerprint density at radius 1 is 1.04 bits per heavy atom. The molecule has 0 aliphatic carbocycles. The van der Waals surface area contributed by atoms with Gasteiger partial charge in [-0.05, 0) is 43.2 Å². The standard InChI is InChI=1S/C19H29N3O/c1-15-12-16(2)14-22(13-15)19(23)17-8-7-9-18(20-17)21-10-5-3-4-6-11-21/h7-9,15-16H,3-6,10-14H2,1-2H3. The molecule has 1 amide bonds. The summed E-state index contributed by atoms with van der Waals surface area (Å²) in [4.78, 5) is 21.9. The van der Waals surface area contributed by atoms with Crippen LogP contribution in [0.25, 0.3) is 0 Å². The van der Waals surface area contributed by atoms with Gasteiger partial charge in [0, 0.05) is 26.2 Å². The molecular formula is C19H29N3O. The Bertz CT molecular complexity index is 527. The van der Waals surface area contributed by atoms with Gasteiger partial charge >= 0.3 is 0 Å². The minimum absolute atomic E-state index is 0.0973. The number of rotatable bonds is 2. The lowest BCUT2D eigenvalue weighted by atomic mass is 9.92. The largest absolute Gasteiger partial charge is 0.357 e. The minimum Gasteiger partial charge on any atom is -0.357 e. The maximum absolute atomic E-state index is 12.8. The van der Waals surface area contributed by atoms with E-state index in [1.54, 1.807) is 0 Å². The second kappa shape index (κ2) is 7.33. The van der Waals surface area contributed by atoms with Gasteiger partial charge in [0.1, 0.15) is 11.5 Å². The molecule has 0 bridgehead atoms. The molecule has 0 aromatic carbocycles. The van der Waals surface area contributed by atoms with Crippen molar-refractivity contribution in [2.75, 3.05) is 31.1 Å². The molecule has 0 saturated carbocycles. The Morgan fingerprint density at radius 2 is 1.70 bits per heavy atom. The fourth-order valence-electron chi connectivity index (χ4n) is 4.01. The van der Waals surface area contributed by atoms with E-state index in [4.69, 9.17) is 4.98 Å². The van der Waals surface area contributed by atoms with E-state index < -0.39 is 0 Å². The summed E-state index contributed by atoms with van der Waals surface area (Å²) in [6, 6.07) is 5.90. The highest BCUT2D eigenvalue weighted by Crippen LogP contribution is 2.23. The van der Waals surface area contributed by atoms with Gasteiger partial charge < -0.3 is 9.80 Å². The van der Waals surface area contributed by atoms with Crippen molar-refractivity contribution in [3.63, 3.8) is 0 Å². The normalized spacial score (nSPS) is 26.0. The first kappa shape index (κ1) is 16.3. The number of hydrogen-bond donors (Lipinski definition) is 0. The van der Waals surface area contributed by atoms with Crippen molar-refractivity contribution >= 4 is 11.7 Å². The molecule has 3 rings (SSSR count). The third kappa shape index (κ3) is 4.04. The molecule has 1 aromatic rings. The fraction of sp³-hybridized carbons (Fsp3) is 0.684. The second-order valence-corrected chi connectivity index (χ2v) is 7.44. The maximum Gasteiger partial charge on any atom is 0.272 e. The Labute approximate surface area is 139 Å². The number of hydrogen-bond acceptors (Lipinski definition) is 3. The Kier molecular flexibility index (Phi) is 5.19. The molecule has 3 heterocycles. The van der Waals surface area contributed by atoms with E-state index in [9.17, 15) is 4.79 Å². The van der Waals surface area contributed by atoms with E-state index in [1.165, 1.54) is 32.1 Å². The van der Waals surface area contributed by atoms with Gasteiger partial charge in [-0.3, -0.25) is 4.79 Å². The summed E-state index contributed by atoms with van der Waals surface area (Å²) in [5, 5.41) is 0. The van der Waals surface area contributed by atoms with Gasteiger partial charge in [0.15, 0.2) is 0 Å². The average Bonchev–Trinajstić information content (AvgIpc) is 2.82. The number of aromatic nitrogens is 1. The van der Waals surface area contributed by atoms with Gasteiger partial charge in [0.25, 0.3) is 5.91 Å². The van der Waals surface area contributed by atoms with Crippen LogP contribution < -0.4 is 4.90 Å². The average molecular weight is 315 g/mol. The minimum atomic E-state index is 0.0973. The van der Waals surface area contributed by atoms with Gasteiger partial charge in [0.2, 0.25) is 0 Å². The van der Waals surface area contributed by atoms with E-state index in [0.717, 1.165) is 32.0 Å². The van der Waals surface area contributed by atoms with Crippen LogP contribution in [0.2, 0.25) is 0 Å². The van der Waals surface area contributed by atoms with E-state index in [1.807, 2.05) is 23.1 Å². The number of carbonyl (C=O) groups excluding carboxylic acids is 1. The molecule has 126 valence electrons. The number of nitrogens with zero attached hydrogens (tertiary/aromatic N) is 3. The highest BCUT2D eigenvalue weighted by Gasteiger charge is 2.27. The molecule has 2 unspecified atom stereocenters. The summed E-state index contributed by atoms with van der Waals surface area (Å²) < 4.78 is 0. The van der Waals surface area contributed by atoms with Gasteiger partial charge in [-0.1, -0.05) is 32.8 Å². The molecule has 2 saturated heterocycles. The summed E-state index contributed by atoms with van der Waals surface area (Å²) in [5.74, 6) is 2.23. The summed E-state index contributed by atoms with van der Waals surface area (Å²) in [6.07, 6.45) is 6.27. The predicted molar refractivity (Wildman–Crippen MR) is 93.8 cm³/mol. The maximum atomic E-state index is 12.8. The number of pyridine rings is 1. The quantitative estimate of drug-likeness (QED) is 0.837. The lowest BCUT2D eigenvalue weighted by Crippen LogP contribution is -2.43. The zero-order chi connectivity index (χ0) is 16.2. The lowest BCUT2D eigenvalue weighted by molar-refractivity contribution is 0.0617. The van der Waals surface area contributed by atoms with Crippen molar-refractivity contribution < 1.29 is 4.79 Å². The van der Waals surface area contributed by atoms with Crippen LogP contribution in [0.5, 0.6) is 0 Å². The summed E-state index contributed by atoms with van der Waals surface area (Å²) in [6.45, 7) is 8.30. The predicted octanol–water partition coefficient (Wildman–Crippen LogP) is 3.58. The van der Waals surface area contributed by atoms with Crippen LogP contribution in [0.3, 0.4) is 0 Å². The molecule has 2 aliphatic heterocycles. The van der Waals surface area contributed by atoms with Crippen molar-refractivity contribution in [1.82, 2.24) is 9.88 Å². The van der Waals surface area contributed by atoms with Crippen LogP contribution in [-0.4, -0.2) is 42.0 Å². The highest BCUT2D eigenvalue weighted by molar-refractivity contribution is 5.92. The van der Waals surface area contributed by atoms with Crippen molar-refractivity contribution in [1.29, 1.82) is 0 Å². The fourth-order valence-corrected chi connectivity index (χ4v) is 4.01. The smallest absolute Gasteiger partial charge is 0.272 e. The third-order valence-corrected chi connectivity index (χ3v) is 5.04. The van der Waals surface area contributed by atoms with Gasteiger partial charge in [0.05, 0.1) is 0 Å². The second-order valence-electron chi connectivity index (χ2n) is 7.44. The number of piperidine rings is 1. The summed E-state index contributed by atoms with van der Waals surface area (Å²) >= 11 is 0. The van der Waals surface area contributed by atoms with Crippen LogP contribution in [0.1, 0.15) is 56.4 Å². The molecule has 4 heteroatoms. The zero-order valence-electron chi connectivity index (χ0n) is 14.5. The van der Waals surface area contributed by atoms with Gasteiger partial charge in [-0.2, -0.15) is 0 Å². The number of carbonyl (C=O) groups is 1. The molecule has 0 N–H and O–H groups in total. The first-order chi connectivity index (χ1) is 11.1. The van der Waals surface area contributed by atoms with E-state index in [-0.39, 0.29) is 5.91 Å². The van der Waals surface area contributed by atoms with Gasteiger partial charge in [-0.25, -0.2) is 4.98 Å². The molecule has 1 aromatic heterocycles. The summed E-state index contributed by atoms with van der Waals surface area (Å²) in [5.41, 5.74) is 0.605. The zero-order valence-corrected chi connectivity index (χ0v) is 14.5. The van der Waals surface area contributed by atoms with Crippen LogP contribution in [-0.2, 0) is 0 Å². The third-order valence-electron chi connectivity index (χ3n) is 5.04. The SMILES string of the molecule is CC1CC(C)CN(C(=O)c2cccc(N3CCCCCC3)n2)C1. The van der Waals surface area contributed by atoms with Crippen molar-refractivity contribution in [2.24, 2.45) is 11.8 Å². The van der Waals surface area contributed by atoms with E-state index in [2.05, 4.69) is 18.7 Å². The molecular weight excluding hydrogens is 286 g/mol. The molecule has 2 fully saturated rings. The highest BCUT2D eigenvalue weighted by atomic mass is 16.2. The van der Waals surface area contributed by atoms with E-state index >= 15 is 0 Å². The Balaban J connectivity index is 1.74. The first-order valence-corrected chi connectivity index (χ1v) is 9.15. The lowest BCUT2D eigenvalue weighted by Gasteiger charge is -2.35. The molecule has 2 atom stereocenters. The van der Waals surface area contributed by atoms with Crippen LogP contribution in [0.15, 0.2) is 18.2 Å². The first-order valence-electron chi connectivity index (χ1n) is 9.15. The van der Waals surface area contributed by atoms with Crippen LogP contribution in [0, 0.1) is 11.8 Å². The molecule has 4 nitrogen and oxygen atoms in total. The van der Waals surface area contributed by atoms with E-state index in [0.29, 0.717) is 17.5 Å². The number of anilines is 1.